The van der Waals surface area contributed by atoms with E-state index in [0.29, 0.717) is 44.3 Å². The molecule has 1 saturated heterocycles. The Hall–Kier alpha value is -3.16. The topological polar surface area (TPSA) is 87.5 Å². The normalized spacial score (nSPS) is 20.8. The lowest BCUT2D eigenvalue weighted by molar-refractivity contribution is -0.134. The predicted octanol–water partition coefficient (Wildman–Crippen LogP) is 2.63. The van der Waals surface area contributed by atoms with Crippen molar-refractivity contribution in [3.05, 3.63) is 52.8 Å². The van der Waals surface area contributed by atoms with Crippen LogP contribution in [0, 0.1) is 5.92 Å². The molecule has 35 heavy (non-hydrogen) atoms. The lowest BCUT2D eigenvalue weighted by atomic mass is 9.93. The van der Waals surface area contributed by atoms with Gasteiger partial charge in [-0.15, -0.1) is 0 Å². The Bertz CT molecular complexity index is 1110. The minimum absolute atomic E-state index is 0.0661. The van der Waals surface area contributed by atoms with E-state index in [-0.39, 0.29) is 29.6 Å². The van der Waals surface area contributed by atoms with Crippen LogP contribution in [-0.2, 0) is 29.6 Å². The van der Waals surface area contributed by atoms with Gasteiger partial charge in [-0.2, -0.15) is 5.10 Å². The summed E-state index contributed by atoms with van der Waals surface area (Å²) in [5.41, 5.74) is 3.32. The summed E-state index contributed by atoms with van der Waals surface area (Å²) < 4.78 is 1.79. The highest BCUT2D eigenvalue weighted by Gasteiger charge is 2.36. The summed E-state index contributed by atoms with van der Waals surface area (Å²) in [6, 6.07) is 10.2. The van der Waals surface area contributed by atoms with Crippen LogP contribution in [-0.4, -0.2) is 63.0 Å². The zero-order valence-electron chi connectivity index (χ0n) is 20.7. The second kappa shape index (κ2) is 9.84. The maximum Gasteiger partial charge on any atom is 0.274 e. The van der Waals surface area contributed by atoms with E-state index in [0.717, 1.165) is 48.9 Å². The number of likely N-dealkylation sites (tertiary alicyclic amines) is 1. The highest BCUT2D eigenvalue weighted by Crippen LogP contribution is 2.29. The molecule has 8 heteroatoms. The molecule has 2 aliphatic heterocycles. The van der Waals surface area contributed by atoms with Crippen molar-refractivity contribution in [3.63, 3.8) is 0 Å². The minimum Gasteiger partial charge on any atom is -0.353 e. The van der Waals surface area contributed by atoms with E-state index in [2.05, 4.69) is 10.4 Å². The van der Waals surface area contributed by atoms with Crippen molar-refractivity contribution < 1.29 is 14.4 Å². The van der Waals surface area contributed by atoms with Crippen LogP contribution in [0.3, 0.4) is 0 Å². The van der Waals surface area contributed by atoms with Gasteiger partial charge < -0.3 is 15.1 Å². The fourth-order valence-electron chi connectivity index (χ4n) is 5.48. The van der Waals surface area contributed by atoms with Crippen molar-refractivity contribution in [3.8, 4) is 0 Å². The smallest absolute Gasteiger partial charge is 0.274 e. The molecule has 1 aromatic carbocycles. The van der Waals surface area contributed by atoms with Crippen molar-refractivity contribution in [2.45, 2.75) is 64.0 Å². The van der Waals surface area contributed by atoms with Crippen LogP contribution in [0.25, 0.3) is 0 Å². The summed E-state index contributed by atoms with van der Waals surface area (Å²) in [6.07, 6.45) is 5.13. The molecule has 186 valence electrons. The first-order chi connectivity index (χ1) is 17.0. The summed E-state index contributed by atoms with van der Waals surface area (Å²) in [5.74, 6) is -0.323. The first-order valence-corrected chi connectivity index (χ1v) is 12.9. The van der Waals surface area contributed by atoms with Gasteiger partial charge in [0.05, 0.1) is 11.8 Å². The molecular weight excluding hydrogens is 442 g/mol. The van der Waals surface area contributed by atoms with Crippen molar-refractivity contribution in [2.75, 3.05) is 19.6 Å². The maximum absolute atomic E-state index is 13.6. The number of aryl methyl sites for hydroxylation is 1. The molecule has 2 atom stereocenters. The van der Waals surface area contributed by atoms with Crippen LogP contribution >= 0.6 is 0 Å². The van der Waals surface area contributed by atoms with Crippen molar-refractivity contribution in [1.29, 1.82) is 0 Å². The molecule has 2 aromatic rings. The molecule has 3 heterocycles. The molecule has 1 N–H and O–H groups in total. The van der Waals surface area contributed by atoms with Crippen LogP contribution in [0.5, 0.6) is 0 Å². The van der Waals surface area contributed by atoms with Gasteiger partial charge in [-0.3, -0.25) is 19.1 Å². The molecule has 0 bridgehead atoms. The zero-order valence-corrected chi connectivity index (χ0v) is 20.7. The predicted molar refractivity (Wildman–Crippen MR) is 132 cm³/mol. The van der Waals surface area contributed by atoms with E-state index in [9.17, 15) is 14.4 Å². The van der Waals surface area contributed by atoms with Gasteiger partial charge in [-0.25, -0.2) is 0 Å². The molecule has 8 nitrogen and oxygen atoms in total. The van der Waals surface area contributed by atoms with Gasteiger partial charge in [0.1, 0.15) is 0 Å². The van der Waals surface area contributed by atoms with Crippen molar-refractivity contribution in [1.82, 2.24) is 24.9 Å². The third-order valence-electron chi connectivity index (χ3n) is 7.67. The first kappa shape index (κ1) is 23.6. The number of hydrogen-bond acceptors (Lipinski definition) is 4. The minimum atomic E-state index is -0.193. The molecule has 3 aliphatic rings. The third-order valence-corrected chi connectivity index (χ3v) is 7.67. The lowest BCUT2D eigenvalue weighted by Crippen LogP contribution is -2.46. The second-order valence-corrected chi connectivity index (χ2v) is 10.2. The van der Waals surface area contributed by atoms with Crippen molar-refractivity contribution >= 4 is 17.7 Å². The van der Waals surface area contributed by atoms with Gasteiger partial charge in [0.15, 0.2) is 5.69 Å². The van der Waals surface area contributed by atoms with Crippen LogP contribution in [0.1, 0.15) is 72.3 Å². The monoisotopic (exact) mass is 477 g/mol. The Labute approximate surface area is 206 Å². The number of rotatable bonds is 6. The third kappa shape index (κ3) is 4.83. The molecule has 2 unspecified atom stereocenters. The molecule has 0 spiro atoms. The summed E-state index contributed by atoms with van der Waals surface area (Å²) in [7, 11) is 1.87. The lowest BCUT2D eigenvalue weighted by Gasteiger charge is -2.33. The second-order valence-electron chi connectivity index (χ2n) is 10.2. The molecule has 5 rings (SSSR count). The number of carbonyl (C=O) groups is 3. The van der Waals surface area contributed by atoms with Gasteiger partial charge in [0.2, 0.25) is 11.8 Å². The number of carbonyl (C=O) groups excluding carboxylic acids is 3. The number of amides is 3. The van der Waals surface area contributed by atoms with Gasteiger partial charge in [0.25, 0.3) is 5.91 Å². The van der Waals surface area contributed by atoms with E-state index < -0.39 is 0 Å². The van der Waals surface area contributed by atoms with Gasteiger partial charge >= 0.3 is 0 Å². The Balaban J connectivity index is 1.32. The van der Waals surface area contributed by atoms with Crippen LogP contribution in [0.15, 0.2) is 30.3 Å². The van der Waals surface area contributed by atoms with Gasteiger partial charge in [-0.05, 0) is 37.7 Å². The molecular formula is C27H35N5O3. The summed E-state index contributed by atoms with van der Waals surface area (Å²) >= 11 is 0. The van der Waals surface area contributed by atoms with Crippen LogP contribution < -0.4 is 5.32 Å². The number of nitrogens with one attached hydrogen (secondary N) is 1. The number of aromatic nitrogens is 2. The van der Waals surface area contributed by atoms with E-state index in [1.165, 1.54) is 0 Å². The SMILES string of the molecule is CCC(C(=O)N1CCc2c(c(C(=O)N3CCCC(C(=O)NC4CC4)C3)nn2C)C1)c1ccccc1. The van der Waals surface area contributed by atoms with Gasteiger partial charge in [-0.1, -0.05) is 37.3 Å². The first-order valence-electron chi connectivity index (χ1n) is 12.9. The number of nitrogens with zero attached hydrogens (tertiary/aromatic N) is 4. The highest BCUT2D eigenvalue weighted by atomic mass is 16.2. The highest BCUT2D eigenvalue weighted by molar-refractivity contribution is 5.95. The van der Waals surface area contributed by atoms with E-state index in [4.69, 9.17) is 0 Å². The summed E-state index contributed by atoms with van der Waals surface area (Å²) in [5, 5.41) is 7.68. The standard InChI is InChI=1S/C27H35N5O3/c1-3-21(18-8-5-4-6-9-18)26(34)32-15-13-23-22(17-32)24(29-30(23)2)27(35)31-14-7-10-19(16-31)25(33)28-20-11-12-20/h4-6,8-9,19-21H,3,7,10-17H2,1-2H3,(H,28,33). The van der Waals surface area contributed by atoms with E-state index >= 15 is 0 Å². The molecule has 1 saturated carbocycles. The van der Waals surface area contributed by atoms with E-state index in [1.807, 2.05) is 49.2 Å². The molecule has 3 amide bonds. The number of fused-ring (bicyclic) bond motifs is 1. The number of benzene rings is 1. The average Bonchev–Trinajstić information content (AvgIpc) is 3.65. The number of piperidine rings is 1. The quantitative estimate of drug-likeness (QED) is 0.693. The maximum atomic E-state index is 13.6. The molecule has 1 aromatic heterocycles. The molecule has 0 radical (unpaired) electrons. The average molecular weight is 478 g/mol. The molecule has 2 fully saturated rings. The van der Waals surface area contributed by atoms with Crippen LogP contribution in [0.2, 0.25) is 0 Å². The van der Waals surface area contributed by atoms with Crippen LogP contribution in [0.4, 0.5) is 0 Å². The van der Waals surface area contributed by atoms with Crippen molar-refractivity contribution in [2.24, 2.45) is 13.0 Å². The largest absolute Gasteiger partial charge is 0.353 e. The van der Waals surface area contributed by atoms with E-state index in [1.54, 1.807) is 9.58 Å². The number of hydrogen-bond donors (Lipinski definition) is 1. The fraction of sp³-hybridized carbons (Fsp3) is 0.556. The summed E-state index contributed by atoms with van der Waals surface area (Å²) in [6.45, 7) is 4.11. The Kier molecular flexibility index (Phi) is 6.62. The van der Waals surface area contributed by atoms with Gasteiger partial charge in [0, 0.05) is 56.9 Å². The molecule has 1 aliphatic carbocycles. The Morgan fingerprint density at radius 3 is 2.57 bits per heavy atom. The Morgan fingerprint density at radius 1 is 1.09 bits per heavy atom. The zero-order chi connectivity index (χ0) is 24.5. The Morgan fingerprint density at radius 2 is 1.86 bits per heavy atom. The summed E-state index contributed by atoms with van der Waals surface area (Å²) in [4.78, 5) is 43.4. The fourth-order valence-corrected chi connectivity index (χ4v) is 5.48.